The van der Waals surface area contributed by atoms with Crippen molar-refractivity contribution < 1.29 is 18.8 Å². The molecule has 3 rings (SSSR count). The van der Waals surface area contributed by atoms with Gasteiger partial charge in [-0.3, -0.25) is 0 Å². The molecule has 146 valence electrons. The molecule has 0 spiro atoms. The number of aromatic nitrogens is 2. The third kappa shape index (κ3) is 4.97. The Labute approximate surface area is 164 Å². The molecule has 0 saturated carbocycles. The molecule has 0 N–H and O–H groups in total. The zero-order valence-corrected chi connectivity index (χ0v) is 16.6. The number of aryl methyl sites for hydroxylation is 1. The Balaban J connectivity index is 1.49. The molecule has 0 aliphatic heterocycles. The molecule has 0 aliphatic carbocycles. The topological polar surface area (TPSA) is 74.5 Å². The van der Waals surface area contributed by atoms with E-state index in [1.54, 1.807) is 0 Å². The van der Waals surface area contributed by atoms with Crippen LogP contribution in [0, 0.1) is 6.92 Å². The molecule has 1 aromatic heterocycles. The van der Waals surface area contributed by atoms with Gasteiger partial charge in [0, 0.05) is 5.56 Å². The van der Waals surface area contributed by atoms with Crippen LogP contribution in [0.3, 0.4) is 0 Å². The summed E-state index contributed by atoms with van der Waals surface area (Å²) in [4.78, 5) is 16.2. The van der Waals surface area contributed by atoms with Gasteiger partial charge < -0.3 is 14.0 Å². The van der Waals surface area contributed by atoms with Crippen molar-refractivity contribution in [3.05, 3.63) is 65.5 Å². The maximum atomic E-state index is 11.9. The highest BCUT2D eigenvalue weighted by atomic mass is 16.6. The summed E-state index contributed by atoms with van der Waals surface area (Å²) in [5, 5.41) is 3.94. The van der Waals surface area contributed by atoms with Crippen LogP contribution in [0.4, 0.5) is 0 Å². The summed E-state index contributed by atoms with van der Waals surface area (Å²) in [6.45, 7) is 8.11. The highest BCUT2D eigenvalue weighted by Gasteiger charge is 2.14. The van der Waals surface area contributed by atoms with Gasteiger partial charge >= 0.3 is 5.97 Å². The Kier molecular flexibility index (Phi) is 5.78. The first-order valence-corrected chi connectivity index (χ1v) is 9.10. The minimum atomic E-state index is -0.504. The Morgan fingerprint density at radius 1 is 1.07 bits per heavy atom. The number of carbonyl (C=O) groups is 1. The summed E-state index contributed by atoms with van der Waals surface area (Å²) >= 11 is 0. The van der Waals surface area contributed by atoms with Gasteiger partial charge in [0.2, 0.25) is 5.82 Å². The Hall–Kier alpha value is -3.15. The fourth-order valence-corrected chi connectivity index (χ4v) is 2.62. The van der Waals surface area contributed by atoms with Crippen molar-refractivity contribution in [2.24, 2.45) is 0 Å². The number of benzene rings is 2. The average Bonchev–Trinajstić information content (AvgIpc) is 3.13. The van der Waals surface area contributed by atoms with Gasteiger partial charge in [-0.1, -0.05) is 62.3 Å². The SMILES string of the molecule is Cc1ccccc1-c1noc(COC(=O)COc2ccc(C(C)(C)C)cc2)n1. The van der Waals surface area contributed by atoms with Gasteiger partial charge in [0.1, 0.15) is 5.75 Å². The third-order valence-corrected chi connectivity index (χ3v) is 4.29. The van der Waals surface area contributed by atoms with E-state index >= 15 is 0 Å². The maximum absolute atomic E-state index is 11.9. The van der Waals surface area contributed by atoms with Crippen LogP contribution in [0.5, 0.6) is 5.75 Å². The number of hydrogen-bond acceptors (Lipinski definition) is 6. The predicted octanol–water partition coefficient (Wildman–Crippen LogP) is 4.46. The number of hydrogen-bond donors (Lipinski definition) is 0. The lowest BCUT2D eigenvalue weighted by Gasteiger charge is -2.19. The monoisotopic (exact) mass is 380 g/mol. The Bertz CT molecular complexity index is 940. The van der Waals surface area contributed by atoms with Crippen molar-refractivity contribution in [1.29, 1.82) is 0 Å². The van der Waals surface area contributed by atoms with E-state index in [-0.39, 0.29) is 24.5 Å². The summed E-state index contributed by atoms with van der Waals surface area (Å²) in [7, 11) is 0. The highest BCUT2D eigenvalue weighted by molar-refractivity contribution is 5.71. The summed E-state index contributed by atoms with van der Waals surface area (Å²) in [5.41, 5.74) is 3.19. The molecule has 0 radical (unpaired) electrons. The van der Waals surface area contributed by atoms with E-state index in [1.165, 1.54) is 5.56 Å². The van der Waals surface area contributed by atoms with E-state index in [4.69, 9.17) is 14.0 Å². The zero-order chi connectivity index (χ0) is 20.1. The van der Waals surface area contributed by atoms with Crippen molar-refractivity contribution in [2.75, 3.05) is 6.61 Å². The second kappa shape index (κ2) is 8.25. The van der Waals surface area contributed by atoms with Gasteiger partial charge in [-0.05, 0) is 35.6 Å². The Morgan fingerprint density at radius 3 is 2.46 bits per heavy atom. The van der Waals surface area contributed by atoms with Gasteiger partial charge in [-0.2, -0.15) is 4.98 Å². The van der Waals surface area contributed by atoms with Crippen LogP contribution in [0.1, 0.15) is 37.8 Å². The largest absolute Gasteiger partial charge is 0.482 e. The van der Waals surface area contributed by atoms with Crippen molar-refractivity contribution >= 4 is 5.97 Å². The van der Waals surface area contributed by atoms with Crippen molar-refractivity contribution in [3.63, 3.8) is 0 Å². The molecule has 0 aliphatic rings. The van der Waals surface area contributed by atoms with Crippen LogP contribution in [0.15, 0.2) is 53.1 Å². The number of esters is 1. The molecule has 0 saturated heterocycles. The summed E-state index contributed by atoms with van der Waals surface area (Å²) < 4.78 is 15.8. The van der Waals surface area contributed by atoms with E-state index in [0.29, 0.717) is 11.6 Å². The fourth-order valence-electron chi connectivity index (χ4n) is 2.62. The first-order valence-electron chi connectivity index (χ1n) is 9.10. The predicted molar refractivity (Wildman–Crippen MR) is 105 cm³/mol. The summed E-state index contributed by atoms with van der Waals surface area (Å²) in [6.07, 6.45) is 0. The number of ether oxygens (including phenoxy) is 2. The lowest BCUT2D eigenvalue weighted by atomic mass is 9.87. The minimum Gasteiger partial charge on any atom is -0.482 e. The van der Waals surface area contributed by atoms with Gasteiger partial charge in [0.15, 0.2) is 13.2 Å². The summed E-state index contributed by atoms with van der Waals surface area (Å²) in [6, 6.07) is 15.4. The van der Waals surface area contributed by atoms with Gasteiger partial charge in [0.05, 0.1) is 0 Å². The standard InChI is InChI=1S/C22H24N2O4/c1-15-7-5-6-8-18(15)21-23-19(28-24-21)13-27-20(25)14-26-17-11-9-16(10-12-17)22(2,3)4/h5-12H,13-14H2,1-4H3. The molecule has 6 heteroatoms. The molecule has 3 aromatic rings. The zero-order valence-electron chi connectivity index (χ0n) is 16.6. The normalized spacial score (nSPS) is 11.3. The second-order valence-electron chi connectivity index (χ2n) is 7.55. The molecule has 0 fully saturated rings. The molecule has 6 nitrogen and oxygen atoms in total. The number of rotatable bonds is 6. The van der Waals surface area contributed by atoms with Crippen LogP contribution in [0.25, 0.3) is 11.4 Å². The van der Waals surface area contributed by atoms with Crippen molar-refractivity contribution in [3.8, 4) is 17.1 Å². The first-order chi connectivity index (χ1) is 13.3. The molecule has 2 aromatic carbocycles. The lowest BCUT2D eigenvalue weighted by molar-refractivity contribution is -0.148. The molecular formula is C22H24N2O4. The molecule has 0 unspecified atom stereocenters. The van der Waals surface area contributed by atoms with Crippen molar-refractivity contribution in [1.82, 2.24) is 10.1 Å². The number of nitrogens with zero attached hydrogens (tertiary/aromatic N) is 2. The van der Waals surface area contributed by atoms with E-state index < -0.39 is 5.97 Å². The molecule has 1 heterocycles. The van der Waals surface area contributed by atoms with E-state index in [0.717, 1.165) is 11.1 Å². The fraction of sp³-hybridized carbons (Fsp3) is 0.318. The first kappa shape index (κ1) is 19.6. The second-order valence-corrected chi connectivity index (χ2v) is 7.55. The summed E-state index contributed by atoms with van der Waals surface area (Å²) in [5.74, 6) is 0.820. The maximum Gasteiger partial charge on any atom is 0.344 e. The van der Waals surface area contributed by atoms with Gasteiger partial charge in [-0.15, -0.1) is 0 Å². The smallest absolute Gasteiger partial charge is 0.344 e. The van der Waals surface area contributed by atoms with E-state index in [1.807, 2.05) is 55.5 Å². The third-order valence-electron chi connectivity index (χ3n) is 4.29. The van der Waals surface area contributed by atoms with Gasteiger partial charge in [-0.25, -0.2) is 4.79 Å². The molecule has 0 atom stereocenters. The lowest BCUT2D eigenvalue weighted by Crippen LogP contribution is -2.15. The van der Waals surface area contributed by atoms with Crippen LogP contribution in [0.2, 0.25) is 0 Å². The van der Waals surface area contributed by atoms with Crippen LogP contribution >= 0.6 is 0 Å². The van der Waals surface area contributed by atoms with Gasteiger partial charge in [0.25, 0.3) is 5.89 Å². The quantitative estimate of drug-likeness (QED) is 0.588. The molecular weight excluding hydrogens is 356 g/mol. The van der Waals surface area contributed by atoms with Crippen LogP contribution < -0.4 is 4.74 Å². The van der Waals surface area contributed by atoms with Crippen molar-refractivity contribution in [2.45, 2.75) is 39.7 Å². The van der Waals surface area contributed by atoms with Crippen LogP contribution in [-0.2, 0) is 21.6 Å². The number of carbonyl (C=O) groups excluding carboxylic acids is 1. The van der Waals surface area contributed by atoms with E-state index in [9.17, 15) is 4.79 Å². The molecule has 0 bridgehead atoms. The molecule has 28 heavy (non-hydrogen) atoms. The van der Waals surface area contributed by atoms with Crippen LogP contribution in [-0.4, -0.2) is 22.7 Å². The average molecular weight is 380 g/mol. The minimum absolute atomic E-state index is 0.0681. The van der Waals surface area contributed by atoms with E-state index in [2.05, 4.69) is 30.9 Å². The Morgan fingerprint density at radius 2 is 1.79 bits per heavy atom. The molecule has 0 amide bonds. The highest BCUT2D eigenvalue weighted by Crippen LogP contribution is 2.24.